The lowest BCUT2D eigenvalue weighted by atomic mass is 9.89. The number of aliphatic hydroxyl groups excluding tert-OH is 1. The molecular formula is C22H32FN3O4. The molecule has 1 aliphatic carbocycles. The topological polar surface area (TPSA) is 99.7 Å². The van der Waals surface area contributed by atoms with E-state index in [-0.39, 0.29) is 31.1 Å². The first kappa shape index (κ1) is 22.5. The fourth-order valence-corrected chi connectivity index (χ4v) is 4.28. The Morgan fingerprint density at radius 2 is 1.93 bits per heavy atom. The van der Waals surface area contributed by atoms with Crippen LogP contribution in [0.5, 0.6) is 0 Å². The molecule has 0 bridgehead atoms. The van der Waals surface area contributed by atoms with E-state index in [1.54, 1.807) is 6.07 Å². The summed E-state index contributed by atoms with van der Waals surface area (Å²) in [6.45, 7) is 0.463. The predicted octanol–water partition coefficient (Wildman–Crippen LogP) is 2.94. The van der Waals surface area contributed by atoms with Gasteiger partial charge in [0.25, 0.3) is 0 Å². The maximum Gasteiger partial charge on any atom is 0.319 e. The first-order valence-electron chi connectivity index (χ1n) is 10.9. The third-order valence-electron chi connectivity index (χ3n) is 5.92. The third-order valence-corrected chi connectivity index (χ3v) is 5.92. The van der Waals surface area contributed by atoms with Crippen molar-refractivity contribution >= 4 is 17.6 Å². The molecule has 1 aromatic rings. The zero-order valence-electron chi connectivity index (χ0n) is 17.2. The highest BCUT2D eigenvalue weighted by Gasteiger charge is 2.33. The van der Waals surface area contributed by atoms with Gasteiger partial charge in [0.2, 0.25) is 5.91 Å². The number of nitrogens with one attached hydrogen (secondary N) is 3. The molecule has 1 saturated carbocycles. The quantitative estimate of drug-likeness (QED) is 0.544. The molecule has 2 aliphatic rings. The minimum atomic E-state index is -0.590. The molecule has 1 aliphatic heterocycles. The maximum atomic E-state index is 13.2. The number of carbonyl (C=O) groups is 2. The van der Waals surface area contributed by atoms with Gasteiger partial charge in [-0.1, -0.05) is 25.3 Å². The highest BCUT2D eigenvalue weighted by Crippen LogP contribution is 2.24. The zero-order valence-corrected chi connectivity index (χ0v) is 17.2. The number of anilines is 1. The lowest BCUT2D eigenvalue weighted by molar-refractivity contribution is -0.131. The fourth-order valence-electron chi connectivity index (χ4n) is 4.28. The van der Waals surface area contributed by atoms with Crippen molar-refractivity contribution < 1.29 is 23.8 Å². The van der Waals surface area contributed by atoms with Crippen LogP contribution in [0.15, 0.2) is 24.3 Å². The Kier molecular flexibility index (Phi) is 8.45. The molecule has 166 valence electrons. The van der Waals surface area contributed by atoms with Gasteiger partial charge in [-0.25, -0.2) is 9.18 Å². The second-order valence-corrected chi connectivity index (χ2v) is 8.28. The summed E-state index contributed by atoms with van der Waals surface area (Å²) in [7, 11) is 0. The van der Waals surface area contributed by atoms with Crippen molar-refractivity contribution in [3.63, 3.8) is 0 Å². The first-order valence-corrected chi connectivity index (χ1v) is 10.9. The molecule has 4 N–H and O–H groups in total. The number of ether oxygens (including phenoxy) is 1. The number of hydrogen-bond acceptors (Lipinski definition) is 4. The lowest BCUT2D eigenvalue weighted by Crippen LogP contribution is -2.52. The number of aliphatic hydroxyl groups is 1. The van der Waals surface area contributed by atoms with Gasteiger partial charge in [0.15, 0.2) is 0 Å². The van der Waals surface area contributed by atoms with Gasteiger partial charge in [-0.15, -0.1) is 0 Å². The molecule has 0 spiro atoms. The number of amides is 3. The van der Waals surface area contributed by atoms with Crippen LogP contribution in [0.1, 0.15) is 51.4 Å². The molecule has 1 saturated heterocycles. The highest BCUT2D eigenvalue weighted by atomic mass is 19.1. The number of hydrogen-bond donors (Lipinski definition) is 4. The van der Waals surface area contributed by atoms with Gasteiger partial charge in [-0.2, -0.15) is 0 Å². The molecule has 8 heteroatoms. The predicted molar refractivity (Wildman–Crippen MR) is 112 cm³/mol. The van der Waals surface area contributed by atoms with E-state index in [0.717, 1.165) is 6.54 Å². The lowest BCUT2D eigenvalue weighted by Gasteiger charge is -2.36. The van der Waals surface area contributed by atoms with Gasteiger partial charge in [-0.3, -0.25) is 4.79 Å². The smallest absolute Gasteiger partial charge is 0.319 e. The Hall–Kier alpha value is -2.19. The molecule has 3 amide bonds. The average molecular weight is 422 g/mol. The summed E-state index contributed by atoms with van der Waals surface area (Å²) in [5.74, 6) is 0.106. The number of carbonyl (C=O) groups excluding carboxylic acids is 2. The molecule has 0 radical (unpaired) electrons. The van der Waals surface area contributed by atoms with Gasteiger partial charge in [0.05, 0.1) is 25.2 Å². The molecule has 0 aromatic heterocycles. The summed E-state index contributed by atoms with van der Waals surface area (Å²) >= 11 is 0. The van der Waals surface area contributed by atoms with E-state index in [2.05, 4.69) is 16.0 Å². The summed E-state index contributed by atoms with van der Waals surface area (Å²) in [5.41, 5.74) is 0.345. The van der Waals surface area contributed by atoms with E-state index in [0.29, 0.717) is 24.4 Å². The second-order valence-electron chi connectivity index (χ2n) is 8.28. The average Bonchev–Trinajstić information content (AvgIpc) is 2.74. The Balaban J connectivity index is 1.41. The van der Waals surface area contributed by atoms with Crippen LogP contribution in [0.25, 0.3) is 0 Å². The van der Waals surface area contributed by atoms with E-state index in [4.69, 9.17) is 4.74 Å². The molecule has 30 heavy (non-hydrogen) atoms. The van der Waals surface area contributed by atoms with Crippen LogP contribution in [0, 0.1) is 11.7 Å². The van der Waals surface area contributed by atoms with Crippen LogP contribution in [0.4, 0.5) is 14.9 Å². The summed E-state index contributed by atoms with van der Waals surface area (Å²) in [6, 6.07) is 4.75. The van der Waals surface area contributed by atoms with Crippen molar-refractivity contribution in [2.75, 3.05) is 18.5 Å². The van der Waals surface area contributed by atoms with Crippen molar-refractivity contribution in [3.05, 3.63) is 30.1 Å². The number of urea groups is 1. The van der Waals surface area contributed by atoms with Gasteiger partial charge < -0.3 is 25.8 Å². The maximum absolute atomic E-state index is 13.2. The fraction of sp³-hybridized carbons (Fsp3) is 0.636. The largest absolute Gasteiger partial charge is 0.394 e. The van der Waals surface area contributed by atoms with Crippen LogP contribution < -0.4 is 16.0 Å². The molecule has 1 aromatic carbocycles. The molecule has 2 fully saturated rings. The minimum Gasteiger partial charge on any atom is -0.394 e. The van der Waals surface area contributed by atoms with Crippen LogP contribution in [0.3, 0.4) is 0 Å². The van der Waals surface area contributed by atoms with Crippen molar-refractivity contribution in [2.45, 2.75) is 69.6 Å². The minimum absolute atomic E-state index is 0.0301. The monoisotopic (exact) mass is 421 g/mol. The van der Waals surface area contributed by atoms with E-state index >= 15 is 0 Å². The van der Waals surface area contributed by atoms with Crippen molar-refractivity contribution in [3.8, 4) is 0 Å². The van der Waals surface area contributed by atoms with Crippen LogP contribution in [-0.4, -0.2) is 48.4 Å². The van der Waals surface area contributed by atoms with Crippen LogP contribution >= 0.6 is 0 Å². The number of rotatable bonds is 7. The first-order chi connectivity index (χ1) is 14.5. The van der Waals surface area contributed by atoms with Crippen molar-refractivity contribution in [2.24, 2.45) is 5.92 Å². The van der Waals surface area contributed by atoms with E-state index < -0.39 is 18.0 Å². The van der Waals surface area contributed by atoms with E-state index in [9.17, 15) is 19.1 Å². The van der Waals surface area contributed by atoms with Crippen molar-refractivity contribution in [1.29, 1.82) is 0 Å². The number of halogens is 1. The molecule has 3 atom stereocenters. The summed E-state index contributed by atoms with van der Waals surface area (Å²) in [6.07, 6.45) is 6.71. The Morgan fingerprint density at radius 1 is 1.13 bits per heavy atom. The van der Waals surface area contributed by atoms with Gasteiger partial charge in [0.1, 0.15) is 11.9 Å². The molecular weight excluding hydrogens is 389 g/mol. The summed E-state index contributed by atoms with van der Waals surface area (Å²) in [4.78, 5) is 24.5. The molecule has 1 heterocycles. The SMILES string of the molecule is O=C(C[C@H]1CC[C@@H](NC(=O)Nc2cccc(F)c2)[C@@H](CO)O1)NCC1CCCCC1. The zero-order chi connectivity index (χ0) is 21.3. The standard InChI is InChI=1S/C22H32FN3O4/c23-16-7-4-8-17(11-16)25-22(29)26-19-10-9-18(30-20(19)14-27)12-21(28)24-13-15-5-2-1-3-6-15/h4,7-8,11,15,18-20,27H,1-3,5-6,9-10,12-14H2,(H,24,28)(H2,25,26,29)/t18-,19-,20-/m1/s1. The Labute approximate surface area is 176 Å². The third kappa shape index (κ3) is 6.95. The summed E-state index contributed by atoms with van der Waals surface area (Å²) in [5, 5.41) is 18.0. The molecule has 3 rings (SSSR count). The van der Waals surface area contributed by atoms with Gasteiger partial charge >= 0.3 is 6.03 Å². The van der Waals surface area contributed by atoms with Crippen molar-refractivity contribution in [1.82, 2.24) is 10.6 Å². The van der Waals surface area contributed by atoms with Gasteiger partial charge in [-0.05, 0) is 49.8 Å². The normalized spacial score (nSPS) is 24.8. The highest BCUT2D eigenvalue weighted by molar-refractivity contribution is 5.89. The van der Waals surface area contributed by atoms with Crippen LogP contribution in [-0.2, 0) is 9.53 Å². The van der Waals surface area contributed by atoms with E-state index in [1.165, 1.54) is 50.3 Å². The second kappa shape index (κ2) is 11.3. The Morgan fingerprint density at radius 3 is 2.67 bits per heavy atom. The van der Waals surface area contributed by atoms with Crippen LogP contribution in [0.2, 0.25) is 0 Å². The Bertz CT molecular complexity index is 711. The number of benzene rings is 1. The summed E-state index contributed by atoms with van der Waals surface area (Å²) < 4.78 is 19.1. The molecule has 7 nitrogen and oxygen atoms in total. The van der Waals surface area contributed by atoms with Gasteiger partial charge in [0, 0.05) is 12.2 Å². The van der Waals surface area contributed by atoms with E-state index in [1.807, 2.05) is 0 Å². The molecule has 0 unspecified atom stereocenters.